The number of aryl methyl sites for hydroxylation is 2. The summed E-state index contributed by atoms with van der Waals surface area (Å²) in [5, 5.41) is 7.10. The molecule has 1 aliphatic heterocycles. The first-order valence-electron chi connectivity index (χ1n) is 11.2. The lowest BCUT2D eigenvalue weighted by Gasteiger charge is -2.32. The van der Waals surface area contributed by atoms with Gasteiger partial charge < -0.3 is 20.5 Å². The van der Waals surface area contributed by atoms with E-state index in [1.807, 2.05) is 47.4 Å². The van der Waals surface area contributed by atoms with E-state index in [4.69, 9.17) is 0 Å². The van der Waals surface area contributed by atoms with Crippen molar-refractivity contribution in [3.05, 3.63) is 65.4 Å². The topological polar surface area (TPSA) is 77.2 Å². The quantitative estimate of drug-likeness (QED) is 0.589. The van der Waals surface area contributed by atoms with Gasteiger partial charge in [0.1, 0.15) is 0 Å². The molecule has 2 heterocycles. The normalized spacial score (nSPS) is 16.7. The number of hydrogen-bond acceptors (Lipinski definition) is 2. The number of carbonyl (C=O) groups excluding carboxylic acids is 2. The SMILES string of the molecule is O=C(Nc1ccccc1)NC1CCN(C(=O)c2cccc3c4c([nH]c23)CCCC4)CC1. The number of benzene rings is 2. The van der Waals surface area contributed by atoms with E-state index in [1.54, 1.807) is 0 Å². The van der Waals surface area contributed by atoms with Crippen LogP contribution in [-0.2, 0) is 12.8 Å². The molecule has 1 fully saturated rings. The van der Waals surface area contributed by atoms with Crippen molar-refractivity contribution in [2.75, 3.05) is 18.4 Å². The minimum Gasteiger partial charge on any atom is -0.358 e. The highest BCUT2D eigenvalue weighted by Gasteiger charge is 2.27. The summed E-state index contributed by atoms with van der Waals surface area (Å²) in [6, 6.07) is 15.4. The third kappa shape index (κ3) is 4.02. The molecule has 0 radical (unpaired) electrons. The molecule has 160 valence electrons. The molecule has 6 heteroatoms. The fourth-order valence-electron chi connectivity index (χ4n) is 4.88. The van der Waals surface area contributed by atoms with Gasteiger partial charge in [-0.1, -0.05) is 30.3 Å². The Hall–Kier alpha value is -3.28. The van der Waals surface area contributed by atoms with Crippen molar-refractivity contribution in [2.24, 2.45) is 0 Å². The second kappa shape index (κ2) is 8.46. The number of amides is 3. The van der Waals surface area contributed by atoms with Gasteiger partial charge in [0, 0.05) is 35.9 Å². The van der Waals surface area contributed by atoms with Crippen LogP contribution >= 0.6 is 0 Å². The van der Waals surface area contributed by atoms with Crippen LogP contribution in [0.25, 0.3) is 10.9 Å². The smallest absolute Gasteiger partial charge is 0.319 e. The van der Waals surface area contributed by atoms with Crippen molar-refractivity contribution in [3.8, 4) is 0 Å². The lowest BCUT2D eigenvalue weighted by molar-refractivity contribution is 0.0710. The van der Waals surface area contributed by atoms with Crippen LogP contribution in [0.1, 0.15) is 47.3 Å². The van der Waals surface area contributed by atoms with Crippen LogP contribution in [0.2, 0.25) is 0 Å². The molecule has 5 rings (SSSR count). The van der Waals surface area contributed by atoms with Gasteiger partial charge in [0.2, 0.25) is 0 Å². The molecule has 1 aliphatic carbocycles. The minimum atomic E-state index is -0.197. The fraction of sp³-hybridized carbons (Fsp3) is 0.360. The standard InChI is InChI=1S/C25H28N4O2/c30-24(21-11-6-10-20-19-9-4-5-12-22(19)28-23(20)21)29-15-13-18(14-16-29)27-25(31)26-17-7-2-1-3-8-17/h1-3,6-8,10-11,18,28H,4-5,9,12-16H2,(H2,26,27,31). The summed E-state index contributed by atoms with van der Waals surface area (Å²) in [7, 11) is 0. The monoisotopic (exact) mass is 416 g/mol. The van der Waals surface area contributed by atoms with Gasteiger partial charge in [0.15, 0.2) is 0 Å². The second-order valence-electron chi connectivity index (χ2n) is 8.55. The third-order valence-electron chi connectivity index (χ3n) is 6.51. The Kier molecular flexibility index (Phi) is 5.37. The predicted molar refractivity (Wildman–Crippen MR) is 122 cm³/mol. The number of carbonyl (C=O) groups is 2. The van der Waals surface area contributed by atoms with Gasteiger partial charge in [0.05, 0.1) is 11.1 Å². The molecule has 2 aromatic carbocycles. The summed E-state index contributed by atoms with van der Waals surface area (Å²) in [4.78, 5) is 31.0. The summed E-state index contributed by atoms with van der Waals surface area (Å²) >= 11 is 0. The first kappa shape index (κ1) is 19.7. The molecule has 0 bridgehead atoms. The highest BCUT2D eigenvalue weighted by molar-refractivity contribution is 6.06. The maximum Gasteiger partial charge on any atom is 0.319 e. The maximum atomic E-state index is 13.3. The fourth-order valence-corrected chi connectivity index (χ4v) is 4.88. The minimum absolute atomic E-state index is 0.0707. The molecule has 3 aromatic rings. The van der Waals surface area contributed by atoms with Crippen molar-refractivity contribution in [2.45, 2.75) is 44.6 Å². The first-order valence-corrected chi connectivity index (χ1v) is 11.2. The Labute approximate surface area is 182 Å². The van der Waals surface area contributed by atoms with Gasteiger partial charge in [-0.2, -0.15) is 0 Å². The molecule has 31 heavy (non-hydrogen) atoms. The van der Waals surface area contributed by atoms with Crippen molar-refractivity contribution in [1.82, 2.24) is 15.2 Å². The molecule has 1 aromatic heterocycles. The molecular weight excluding hydrogens is 388 g/mol. The number of H-pyrrole nitrogens is 1. The lowest BCUT2D eigenvalue weighted by atomic mass is 9.95. The average molecular weight is 417 g/mol. The Morgan fingerprint density at radius 3 is 2.52 bits per heavy atom. The number of nitrogens with one attached hydrogen (secondary N) is 3. The molecular formula is C25H28N4O2. The zero-order chi connectivity index (χ0) is 21.2. The van der Waals surface area contributed by atoms with E-state index in [1.165, 1.54) is 29.5 Å². The van der Waals surface area contributed by atoms with Crippen LogP contribution in [0.4, 0.5) is 10.5 Å². The summed E-state index contributed by atoms with van der Waals surface area (Å²) in [6.07, 6.45) is 6.10. The molecule has 0 atom stereocenters. The Morgan fingerprint density at radius 1 is 0.935 bits per heavy atom. The van der Waals surface area contributed by atoms with Crippen LogP contribution in [-0.4, -0.2) is 41.0 Å². The number of aromatic amines is 1. The number of nitrogens with zero attached hydrogens (tertiary/aromatic N) is 1. The maximum absolute atomic E-state index is 13.3. The number of hydrogen-bond donors (Lipinski definition) is 3. The molecule has 1 saturated heterocycles. The Balaban J connectivity index is 1.22. The van der Waals surface area contributed by atoms with E-state index >= 15 is 0 Å². The zero-order valence-electron chi connectivity index (χ0n) is 17.6. The summed E-state index contributed by atoms with van der Waals surface area (Å²) in [5.74, 6) is 0.0800. The average Bonchev–Trinajstić information content (AvgIpc) is 3.18. The highest BCUT2D eigenvalue weighted by Crippen LogP contribution is 2.31. The highest BCUT2D eigenvalue weighted by atomic mass is 16.2. The van der Waals surface area contributed by atoms with Crippen molar-refractivity contribution >= 4 is 28.5 Å². The van der Waals surface area contributed by atoms with Crippen molar-refractivity contribution in [1.29, 1.82) is 0 Å². The van der Waals surface area contributed by atoms with Gasteiger partial charge in [-0.05, 0) is 62.3 Å². The molecule has 2 aliphatic rings. The summed E-state index contributed by atoms with van der Waals surface area (Å²) in [6.45, 7) is 1.29. The van der Waals surface area contributed by atoms with E-state index in [0.29, 0.717) is 13.1 Å². The molecule has 3 amide bonds. The summed E-state index contributed by atoms with van der Waals surface area (Å²) < 4.78 is 0. The van der Waals surface area contributed by atoms with Crippen LogP contribution in [0.15, 0.2) is 48.5 Å². The van der Waals surface area contributed by atoms with Crippen LogP contribution in [0.3, 0.4) is 0 Å². The molecule has 6 nitrogen and oxygen atoms in total. The second-order valence-corrected chi connectivity index (χ2v) is 8.55. The third-order valence-corrected chi connectivity index (χ3v) is 6.51. The van der Waals surface area contributed by atoms with E-state index < -0.39 is 0 Å². The Morgan fingerprint density at radius 2 is 1.71 bits per heavy atom. The number of anilines is 1. The number of likely N-dealkylation sites (tertiary alicyclic amines) is 1. The predicted octanol–water partition coefficient (Wildman–Crippen LogP) is 4.47. The number of aromatic nitrogens is 1. The Bertz CT molecular complexity index is 1100. The van der Waals surface area contributed by atoms with Gasteiger partial charge >= 0.3 is 6.03 Å². The van der Waals surface area contributed by atoms with Gasteiger partial charge in [-0.15, -0.1) is 0 Å². The lowest BCUT2D eigenvalue weighted by Crippen LogP contribution is -2.47. The van der Waals surface area contributed by atoms with Gasteiger partial charge in [-0.3, -0.25) is 4.79 Å². The van der Waals surface area contributed by atoms with E-state index in [-0.39, 0.29) is 18.0 Å². The van der Waals surface area contributed by atoms with Crippen LogP contribution in [0, 0.1) is 0 Å². The van der Waals surface area contributed by atoms with Gasteiger partial charge in [-0.25, -0.2) is 4.79 Å². The number of piperidine rings is 1. The van der Waals surface area contributed by atoms with Crippen molar-refractivity contribution < 1.29 is 9.59 Å². The largest absolute Gasteiger partial charge is 0.358 e. The molecule has 0 saturated carbocycles. The number of fused-ring (bicyclic) bond motifs is 3. The number of urea groups is 1. The molecule has 0 spiro atoms. The van der Waals surface area contributed by atoms with Gasteiger partial charge in [0.25, 0.3) is 5.91 Å². The summed E-state index contributed by atoms with van der Waals surface area (Å²) in [5.41, 5.74) is 5.22. The molecule has 3 N–H and O–H groups in total. The number of para-hydroxylation sites is 2. The van der Waals surface area contributed by atoms with E-state index in [2.05, 4.69) is 21.7 Å². The van der Waals surface area contributed by atoms with Crippen LogP contribution < -0.4 is 10.6 Å². The van der Waals surface area contributed by atoms with Crippen molar-refractivity contribution in [3.63, 3.8) is 0 Å². The van der Waals surface area contributed by atoms with Crippen LogP contribution in [0.5, 0.6) is 0 Å². The van der Waals surface area contributed by atoms with E-state index in [9.17, 15) is 9.59 Å². The molecule has 0 unspecified atom stereocenters. The first-order chi connectivity index (χ1) is 15.2. The number of rotatable bonds is 3. The zero-order valence-corrected chi connectivity index (χ0v) is 17.6. The van der Waals surface area contributed by atoms with E-state index in [0.717, 1.165) is 42.5 Å².